The van der Waals surface area contributed by atoms with Crippen molar-refractivity contribution in [3.63, 3.8) is 0 Å². The fraction of sp³-hybridized carbons (Fsp3) is 0.545. The van der Waals surface area contributed by atoms with E-state index in [0.717, 1.165) is 19.2 Å². The molecule has 1 rings (SSSR count). The number of nitrogens with zero attached hydrogens (tertiary/aromatic N) is 4. The molecule has 0 aliphatic heterocycles. The number of aromatic nitrogens is 2. The lowest BCUT2D eigenvalue weighted by molar-refractivity contribution is 0.608. The molecular weight excluding hydrogens is 221 g/mol. The molecule has 92 valence electrons. The van der Waals surface area contributed by atoms with E-state index in [4.69, 9.17) is 5.26 Å². The number of hydrogen-bond donors (Lipinski definition) is 1. The lowest BCUT2D eigenvalue weighted by Crippen LogP contribution is -2.21. The fourth-order valence-corrected chi connectivity index (χ4v) is 1.27. The van der Waals surface area contributed by atoms with Gasteiger partial charge in [-0.15, -0.1) is 0 Å². The van der Waals surface area contributed by atoms with Gasteiger partial charge < -0.3 is 10.2 Å². The maximum atomic E-state index is 13.5. The summed E-state index contributed by atoms with van der Waals surface area (Å²) < 4.78 is 13.5. The molecule has 1 aromatic heterocycles. The fourth-order valence-electron chi connectivity index (χ4n) is 1.27. The molecule has 0 bridgehead atoms. The molecule has 5 nitrogen and oxygen atoms in total. The van der Waals surface area contributed by atoms with E-state index < -0.39 is 5.82 Å². The maximum absolute atomic E-state index is 13.5. The van der Waals surface area contributed by atoms with Crippen LogP contribution < -0.4 is 10.2 Å². The predicted molar refractivity (Wildman–Crippen MR) is 64.3 cm³/mol. The van der Waals surface area contributed by atoms with Gasteiger partial charge in [0.1, 0.15) is 0 Å². The zero-order chi connectivity index (χ0) is 12.7. The van der Waals surface area contributed by atoms with Crippen LogP contribution in [0.3, 0.4) is 0 Å². The van der Waals surface area contributed by atoms with Crippen LogP contribution in [0.1, 0.15) is 19.8 Å². The van der Waals surface area contributed by atoms with Crippen LogP contribution in [0.25, 0.3) is 0 Å². The first kappa shape index (κ1) is 13.2. The average molecular weight is 237 g/mol. The van der Waals surface area contributed by atoms with Gasteiger partial charge in [0.2, 0.25) is 5.95 Å². The molecule has 0 atom stereocenters. The third-order valence-electron chi connectivity index (χ3n) is 2.18. The maximum Gasteiger partial charge on any atom is 0.224 e. The Bertz CT molecular complexity index is 401. The SMILES string of the molecule is CCCNc1ncc(F)c(N(C)CCC#N)n1. The van der Waals surface area contributed by atoms with Gasteiger partial charge in [-0.25, -0.2) is 9.37 Å². The second kappa shape index (κ2) is 6.63. The highest BCUT2D eigenvalue weighted by atomic mass is 19.1. The van der Waals surface area contributed by atoms with Gasteiger partial charge in [0.05, 0.1) is 18.7 Å². The van der Waals surface area contributed by atoms with Crippen LogP contribution in [0.5, 0.6) is 0 Å². The van der Waals surface area contributed by atoms with Crippen molar-refractivity contribution >= 4 is 11.8 Å². The highest BCUT2D eigenvalue weighted by molar-refractivity contribution is 5.43. The van der Waals surface area contributed by atoms with Crippen LogP contribution in [0.15, 0.2) is 6.20 Å². The molecule has 0 amide bonds. The summed E-state index contributed by atoms with van der Waals surface area (Å²) in [5.74, 6) is 0.147. The lowest BCUT2D eigenvalue weighted by Gasteiger charge is -2.17. The normalized spacial score (nSPS) is 9.76. The standard InChI is InChI=1S/C11H16FN5/c1-3-6-14-11-15-8-9(12)10(16-11)17(2)7-4-5-13/h8H,3-4,6-7H2,1-2H3,(H,14,15,16). The van der Waals surface area contributed by atoms with Gasteiger partial charge in [-0.3, -0.25) is 0 Å². The van der Waals surface area contributed by atoms with Crippen molar-refractivity contribution in [2.24, 2.45) is 0 Å². The zero-order valence-corrected chi connectivity index (χ0v) is 10.1. The van der Waals surface area contributed by atoms with Crippen molar-refractivity contribution in [1.82, 2.24) is 9.97 Å². The average Bonchev–Trinajstić information content (AvgIpc) is 2.35. The third kappa shape index (κ3) is 3.87. The van der Waals surface area contributed by atoms with Gasteiger partial charge in [0, 0.05) is 20.1 Å². The van der Waals surface area contributed by atoms with E-state index in [1.807, 2.05) is 13.0 Å². The predicted octanol–water partition coefficient (Wildman–Crippen LogP) is 1.79. The minimum Gasteiger partial charge on any atom is -0.356 e. The topological polar surface area (TPSA) is 64.8 Å². The Morgan fingerprint density at radius 1 is 1.59 bits per heavy atom. The van der Waals surface area contributed by atoms with Crippen LogP contribution in [-0.4, -0.2) is 30.1 Å². The van der Waals surface area contributed by atoms with Crippen LogP contribution >= 0.6 is 0 Å². The summed E-state index contributed by atoms with van der Waals surface area (Å²) in [5.41, 5.74) is 0. The zero-order valence-electron chi connectivity index (χ0n) is 10.1. The van der Waals surface area contributed by atoms with Crippen molar-refractivity contribution < 1.29 is 4.39 Å². The van der Waals surface area contributed by atoms with E-state index in [9.17, 15) is 4.39 Å². The number of nitrogens with one attached hydrogen (secondary N) is 1. The summed E-state index contributed by atoms with van der Waals surface area (Å²) in [6.07, 6.45) is 2.42. The summed E-state index contributed by atoms with van der Waals surface area (Å²) in [6, 6.07) is 2.01. The van der Waals surface area contributed by atoms with Gasteiger partial charge in [-0.05, 0) is 6.42 Å². The minimum absolute atomic E-state index is 0.217. The smallest absolute Gasteiger partial charge is 0.224 e. The van der Waals surface area contributed by atoms with Gasteiger partial charge in [-0.2, -0.15) is 10.2 Å². The molecule has 0 radical (unpaired) electrons. The Morgan fingerprint density at radius 3 is 3.00 bits per heavy atom. The molecule has 17 heavy (non-hydrogen) atoms. The van der Waals surface area contributed by atoms with Crippen molar-refractivity contribution in [2.45, 2.75) is 19.8 Å². The first-order valence-electron chi connectivity index (χ1n) is 5.53. The Labute approximate surface area is 100 Å². The van der Waals surface area contributed by atoms with E-state index in [-0.39, 0.29) is 5.82 Å². The molecule has 0 saturated heterocycles. The van der Waals surface area contributed by atoms with Crippen molar-refractivity contribution in [3.8, 4) is 6.07 Å². The molecular formula is C11H16FN5. The lowest BCUT2D eigenvalue weighted by atomic mass is 10.4. The molecule has 0 unspecified atom stereocenters. The van der Waals surface area contributed by atoms with Crippen LogP contribution in [0.4, 0.5) is 16.2 Å². The summed E-state index contributed by atoms with van der Waals surface area (Å²) in [7, 11) is 1.70. The monoisotopic (exact) mass is 237 g/mol. The summed E-state index contributed by atoms with van der Waals surface area (Å²) in [6.45, 7) is 3.21. The molecule has 1 N–H and O–H groups in total. The molecule has 0 aromatic carbocycles. The summed E-state index contributed by atoms with van der Waals surface area (Å²) >= 11 is 0. The molecule has 6 heteroatoms. The Hall–Kier alpha value is -1.90. The first-order chi connectivity index (χ1) is 8.19. The Kier molecular flexibility index (Phi) is 5.14. The third-order valence-corrected chi connectivity index (χ3v) is 2.18. The van der Waals surface area contributed by atoms with E-state index >= 15 is 0 Å². The quantitative estimate of drug-likeness (QED) is 0.817. The van der Waals surface area contributed by atoms with Gasteiger partial charge in [0.15, 0.2) is 11.6 Å². The second-order valence-electron chi connectivity index (χ2n) is 3.62. The molecule has 1 aromatic rings. The van der Waals surface area contributed by atoms with Crippen LogP contribution in [0, 0.1) is 17.1 Å². The highest BCUT2D eigenvalue weighted by Crippen LogP contribution is 2.15. The van der Waals surface area contributed by atoms with Crippen LogP contribution in [0.2, 0.25) is 0 Å². The summed E-state index contributed by atoms with van der Waals surface area (Å²) in [4.78, 5) is 9.54. The van der Waals surface area contributed by atoms with Crippen molar-refractivity contribution in [3.05, 3.63) is 12.0 Å². The molecule has 1 heterocycles. The number of hydrogen-bond acceptors (Lipinski definition) is 5. The van der Waals surface area contributed by atoms with Gasteiger partial charge >= 0.3 is 0 Å². The van der Waals surface area contributed by atoms with E-state index in [2.05, 4.69) is 15.3 Å². The van der Waals surface area contributed by atoms with E-state index in [0.29, 0.717) is 18.9 Å². The first-order valence-corrected chi connectivity index (χ1v) is 5.53. The molecule has 0 aliphatic carbocycles. The Morgan fingerprint density at radius 2 is 2.35 bits per heavy atom. The number of rotatable bonds is 6. The molecule has 0 saturated carbocycles. The van der Waals surface area contributed by atoms with Crippen molar-refractivity contribution in [2.75, 3.05) is 30.4 Å². The molecule has 0 aliphatic rings. The Balaban J connectivity index is 2.79. The second-order valence-corrected chi connectivity index (χ2v) is 3.62. The highest BCUT2D eigenvalue weighted by Gasteiger charge is 2.11. The summed E-state index contributed by atoms with van der Waals surface area (Å²) in [5, 5.41) is 11.5. The molecule has 0 fully saturated rings. The van der Waals surface area contributed by atoms with Crippen LogP contribution in [-0.2, 0) is 0 Å². The van der Waals surface area contributed by atoms with E-state index in [1.165, 1.54) is 0 Å². The number of anilines is 2. The largest absolute Gasteiger partial charge is 0.356 e. The number of halogens is 1. The number of nitriles is 1. The van der Waals surface area contributed by atoms with E-state index in [1.54, 1.807) is 11.9 Å². The van der Waals surface area contributed by atoms with Crippen molar-refractivity contribution in [1.29, 1.82) is 5.26 Å². The molecule has 0 spiro atoms. The van der Waals surface area contributed by atoms with Gasteiger partial charge in [-0.1, -0.05) is 6.92 Å². The minimum atomic E-state index is -0.479. The van der Waals surface area contributed by atoms with Gasteiger partial charge in [0.25, 0.3) is 0 Å².